The minimum atomic E-state index is 0.342. The molecule has 1 saturated carbocycles. The fourth-order valence-corrected chi connectivity index (χ4v) is 2.64. The zero-order chi connectivity index (χ0) is 12.3. The van der Waals surface area contributed by atoms with Crippen molar-refractivity contribution in [1.82, 2.24) is 5.32 Å². The van der Waals surface area contributed by atoms with Crippen molar-refractivity contribution in [2.75, 3.05) is 0 Å². The van der Waals surface area contributed by atoms with Gasteiger partial charge in [0.1, 0.15) is 0 Å². The van der Waals surface area contributed by atoms with Gasteiger partial charge in [0.15, 0.2) is 0 Å². The maximum atomic E-state index is 6.15. The molecule has 2 unspecified atom stereocenters. The Hall–Kier alpha value is -0.860. The summed E-state index contributed by atoms with van der Waals surface area (Å²) in [5.41, 5.74) is 10.3. The van der Waals surface area contributed by atoms with Crippen LogP contribution in [0.4, 0.5) is 0 Å². The Bertz CT molecular complexity index is 373. The van der Waals surface area contributed by atoms with Crippen molar-refractivity contribution < 1.29 is 0 Å². The molecule has 2 nitrogen and oxygen atoms in total. The van der Waals surface area contributed by atoms with Gasteiger partial charge in [0.05, 0.1) is 0 Å². The molecule has 0 aromatic heterocycles. The first-order valence-corrected chi connectivity index (χ1v) is 6.72. The molecule has 0 amide bonds. The first-order chi connectivity index (χ1) is 8.16. The van der Waals surface area contributed by atoms with E-state index in [4.69, 9.17) is 5.73 Å². The summed E-state index contributed by atoms with van der Waals surface area (Å²) in [6.45, 7) is 5.28. The number of aryl methyl sites for hydroxylation is 2. The van der Waals surface area contributed by atoms with E-state index >= 15 is 0 Å². The molecule has 94 valence electrons. The molecule has 17 heavy (non-hydrogen) atoms. The van der Waals surface area contributed by atoms with Gasteiger partial charge < -0.3 is 11.1 Å². The minimum Gasteiger partial charge on any atom is -0.326 e. The third-order valence-electron chi connectivity index (χ3n) is 3.88. The lowest BCUT2D eigenvalue weighted by molar-refractivity contribution is 0.326. The molecule has 2 atom stereocenters. The van der Waals surface area contributed by atoms with Crippen molar-refractivity contribution in [1.29, 1.82) is 0 Å². The lowest BCUT2D eigenvalue weighted by Crippen LogP contribution is -2.46. The van der Waals surface area contributed by atoms with Crippen molar-refractivity contribution in [3.63, 3.8) is 0 Å². The van der Waals surface area contributed by atoms with Crippen LogP contribution < -0.4 is 11.1 Å². The van der Waals surface area contributed by atoms with Crippen LogP contribution >= 0.6 is 0 Å². The Labute approximate surface area is 105 Å². The molecule has 0 spiro atoms. The molecule has 1 aromatic carbocycles. The van der Waals surface area contributed by atoms with Crippen LogP contribution in [0.1, 0.15) is 42.4 Å². The second-order valence-electron chi connectivity index (χ2n) is 5.37. The first-order valence-electron chi connectivity index (χ1n) is 6.72. The molecule has 2 heteroatoms. The van der Waals surface area contributed by atoms with Crippen LogP contribution in [-0.2, 0) is 6.54 Å². The standard InChI is InChI=1S/C15H24N2/c1-11-7-8-12(2)13(9-11)10-17-15-6-4-3-5-14(15)16/h7-9,14-15,17H,3-6,10,16H2,1-2H3. The van der Waals surface area contributed by atoms with Crippen LogP contribution in [0.5, 0.6) is 0 Å². The highest BCUT2D eigenvalue weighted by Gasteiger charge is 2.20. The van der Waals surface area contributed by atoms with Crippen LogP contribution in [0.15, 0.2) is 18.2 Å². The van der Waals surface area contributed by atoms with Crippen molar-refractivity contribution in [2.45, 2.75) is 58.2 Å². The molecule has 1 aliphatic carbocycles. The number of benzene rings is 1. The van der Waals surface area contributed by atoms with Crippen molar-refractivity contribution in [2.24, 2.45) is 5.73 Å². The van der Waals surface area contributed by atoms with Crippen molar-refractivity contribution >= 4 is 0 Å². The molecule has 0 heterocycles. The van der Waals surface area contributed by atoms with Gasteiger partial charge in [0.25, 0.3) is 0 Å². The molecule has 0 saturated heterocycles. The topological polar surface area (TPSA) is 38.0 Å². The van der Waals surface area contributed by atoms with Crippen LogP contribution in [0.25, 0.3) is 0 Å². The van der Waals surface area contributed by atoms with Gasteiger partial charge in [-0.3, -0.25) is 0 Å². The second kappa shape index (κ2) is 5.65. The predicted molar refractivity (Wildman–Crippen MR) is 73.0 cm³/mol. The quantitative estimate of drug-likeness (QED) is 0.841. The highest BCUT2D eigenvalue weighted by molar-refractivity contribution is 5.30. The molecule has 0 radical (unpaired) electrons. The number of rotatable bonds is 3. The highest BCUT2D eigenvalue weighted by Crippen LogP contribution is 2.18. The van der Waals surface area contributed by atoms with Gasteiger partial charge >= 0.3 is 0 Å². The maximum absolute atomic E-state index is 6.15. The van der Waals surface area contributed by atoms with E-state index in [2.05, 4.69) is 37.4 Å². The number of nitrogens with one attached hydrogen (secondary N) is 1. The SMILES string of the molecule is Cc1ccc(C)c(CNC2CCCCC2N)c1. The minimum absolute atomic E-state index is 0.342. The zero-order valence-electron chi connectivity index (χ0n) is 11.0. The van der Waals surface area contributed by atoms with Crippen LogP contribution in [0.3, 0.4) is 0 Å². The molecular weight excluding hydrogens is 208 g/mol. The summed E-state index contributed by atoms with van der Waals surface area (Å²) in [6, 6.07) is 7.49. The Balaban J connectivity index is 1.94. The van der Waals surface area contributed by atoms with Crippen LogP contribution in [0, 0.1) is 13.8 Å². The predicted octanol–water partition coefficient (Wildman–Crippen LogP) is 2.66. The van der Waals surface area contributed by atoms with Crippen LogP contribution in [-0.4, -0.2) is 12.1 Å². The molecule has 3 N–H and O–H groups in total. The second-order valence-corrected chi connectivity index (χ2v) is 5.37. The van der Waals surface area contributed by atoms with Gasteiger partial charge in [0.2, 0.25) is 0 Å². The number of hydrogen-bond acceptors (Lipinski definition) is 2. The average Bonchev–Trinajstić information content (AvgIpc) is 2.32. The maximum Gasteiger partial charge on any atom is 0.0222 e. The van der Waals surface area contributed by atoms with E-state index in [9.17, 15) is 0 Å². The Morgan fingerprint density at radius 1 is 1.24 bits per heavy atom. The molecule has 2 rings (SSSR count). The Morgan fingerprint density at radius 3 is 2.76 bits per heavy atom. The molecule has 1 aromatic rings. The van der Waals surface area contributed by atoms with Gasteiger partial charge in [0, 0.05) is 18.6 Å². The van der Waals surface area contributed by atoms with Crippen molar-refractivity contribution in [3.05, 3.63) is 34.9 Å². The van der Waals surface area contributed by atoms with E-state index in [1.54, 1.807) is 0 Å². The summed E-state index contributed by atoms with van der Waals surface area (Å²) in [5, 5.41) is 3.63. The summed E-state index contributed by atoms with van der Waals surface area (Å²) in [6.07, 6.45) is 5.01. The van der Waals surface area contributed by atoms with Gasteiger partial charge in [-0.15, -0.1) is 0 Å². The first kappa shape index (κ1) is 12.6. The number of hydrogen-bond donors (Lipinski definition) is 2. The van der Waals surface area contributed by atoms with Gasteiger partial charge in [-0.2, -0.15) is 0 Å². The van der Waals surface area contributed by atoms with E-state index in [1.165, 1.54) is 42.4 Å². The van der Waals surface area contributed by atoms with E-state index in [0.29, 0.717) is 12.1 Å². The summed E-state index contributed by atoms with van der Waals surface area (Å²) in [5.74, 6) is 0. The summed E-state index contributed by atoms with van der Waals surface area (Å²) >= 11 is 0. The third-order valence-corrected chi connectivity index (χ3v) is 3.88. The zero-order valence-corrected chi connectivity index (χ0v) is 11.0. The normalized spacial score (nSPS) is 24.9. The molecule has 0 bridgehead atoms. The highest BCUT2D eigenvalue weighted by atomic mass is 15.0. The summed E-state index contributed by atoms with van der Waals surface area (Å²) in [4.78, 5) is 0. The fourth-order valence-electron chi connectivity index (χ4n) is 2.64. The van der Waals surface area contributed by atoms with E-state index < -0.39 is 0 Å². The largest absolute Gasteiger partial charge is 0.326 e. The summed E-state index contributed by atoms with van der Waals surface area (Å²) in [7, 11) is 0. The van der Waals surface area contributed by atoms with Gasteiger partial charge in [-0.05, 0) is 37.8 Å². The monoisotopic (exact) mass is 232 g/mol. The summed E-state index contributed by atoms with van der Waals surface area (Å²) < 4.78 is 0. The van der Waals surface area contributed by atoms with E-state index in [1.807, 2.05) is 0 Å². The Kier molecular flexibility index (Phi) is 4.19. The lowest BCUT2D eigenvalue weighted by Gasteiger charge is -2.29. The molecule has 1 aliphatic rings. The van der Waals surface area contributed by atoms with Crippen LogP contribution in [0.2, 0.25) is 0 Å². The smallest absolute Gasteiger partial charge is 0.0222 e. The van der Waals surface area contributed by atoms with E-state index in [0.717, 1.165) is 6.54 Å². The van der Waals surface area contributed by atoms with Crippen molar-refractivity contribution in [3.8, 4) is 0 Å². The average molecular weight is 232 g/mol. The number of nitrogens with two attached hydrogens (primary N) is 1. The molecule has 1 fully saturated rings. The lowest BCUT2D eigenvalue weighted by atomic mass is 9.91. The van der Waals surface area contributed by atoms with E-state index in [-0.39, 0.29) is 0 Å². The van der Waals surface area contributed by atoms with Gasteiger partial charge in [-0.25, -0.2) is 0 Å². The third kappa shape index (κ3) is 3.30. The molecular formula is C15H24N2. The molecule has 0 aliphatic heterocycles. The Morgan fingerprint density at radius 2 is 2.00 bits per heavy atom. The fraction of sp³-hybridized carbons (Fsp3) is 0.600. The van der Waals surface area contributed by atoms with Gasteiger partial charge in [-0.1, -0.05) is 36.6 Å².